The number of pyridine rings is 1. The minimum absolute atomic E-state index is 0.0785. The van der Waals surface area contributed by atoms with E-state index in [4.69, 9.17) is 23.2 Å². The Balaban J connectivity index is 1.56. The Bertz CT molecular complexity index is 1290. The Morgan fingerprint density at radius 1 is 0.853 bits per heavy atom. The summed E-state index contributed by atoms with van der Waals surface area (Å²) in [6.45, 7) is 0.458. The second-order valence-corrected chi connectivity index (χ2v) is 8.39. The number of halogens is 4. The molecule has 0 saturated carbocycles. The lowest BCUT2D eigenvalue weighted by molar-refractivity contribution is 0.101. The molecular weight excluding hydrogens is 481 g/mol. The monoisotopic (exact) mass is 500 g/mol. The summed E-state index contributed by atoms with van der Waals surface area (Å²) in [5.74, 6) is -0.290. The molecule has 2 heterocycles. The van der Waals surface area contributed by atoms with Crippen molar-refractivity contribution in [1.82, 2.24) is 14.5 Å². The van der Waals surface area contributed by atoms with E-state index in [2.05, 4.69) is 15.3 Å². The molecule has 0 unspecified atom stereocenters. The fourth-order valence-corrected chi connectivity index (χ4v) is 3.93. The minimum atomic E-state index is -0.398. The van der Waals surface area contributed by atoms with Crippen molar-refractivity contribution in [3.8, 4) is 0 Å². The fraction of sp³-hybridized carbons (Fsp3) is 0.160. The predicted octanol–water partition coefficient (Wildman–Crippen LogP) is 6.14. The van der Waals surface area contributed by atoms with Gasteiger partial charge in [-0.3, -0.25) is 4.79 Å². The number of rotatable bonds is 8. The molecule has 0 radical (unpaired) electrons. The number of aromatic nitrogens is 3. The predicted molar refractivity (Wildman–Crippen MR) is 128 cm³/mol. The lowest BCUT2D eigenvalue weighted by Crippen LogP contribution is -2.20. The first-order valence-corrected chi connectivity index (χ1v) is 11.3. The molecule has 174 valence electrons. The second-order valence-electron chi connectivity index (χ2n) is 7.64. The molecule has 0 aliphatic heterocycles. The van der Waals surface area contributed by atoms with Gasteiger partial charge in [0.1, 0.15) is 28.3 Å². The molecule has 0 spiro atoms. The summed E-state index contributed by atoms with van der Waals surface area (Å²) >= 11 is 11.9. The Morgan fingerprint density at radius 2 is 1.47 bits per heavy atom. The zero-order chi connectivity index (χ0) is 24.1. The van der Waals surface area contributed by atoms with Gasteiger partial charge in [0.25, 0.3) is 5.91 Å². The lowest BCUT2D eigenvalue weighted by Gasteiger charge is -2.13. The van der Waals surface area contributed by atoms with Crippen molar-refractivity contribution in [2.45, 2.75) is 25.8 Å². The zero-order valence-electron chi connectivity index (χ0n) is 17.9. The first-order valence-electron chi connectivity index (χ1n) is 10.6. The van der Waals surface area contributed by atoms with Gasteiger partial charge in [0, 0.05) is 13.0 Å². The molecule has 34 heavy (non-hydrogen) atoms. The van der Waals surface area contributed by atoms with Gasteiger partial charge in [0.15, 0.2) is 5.15 Å². The molecule has 0 fully saturated rings. The van der Waals surface area contributed by atoms with Gasteiger partial charge in [-0.2, -0.15) is 0 Å². The van der Waals surface area contributed by atoms with Crippen LogP contribution in [0, 0.1) is 11.6 Å². The van der Waals surface area contributed by atoms with E-state index in [9.17, 15) is 13.6 Å². The standard InChI is InChI=1S/C25H20Cl2F2N4O/c26-22-11-10-20(24(27)32-22)31-25(34)21-15-30-23(12-5-16-1-6-18(28)7-2-16)33(21)14-13-17-3-8-19(29)9-4-17/h1-4,6-11,15H,5,12-14H2,(H,31,34). The van der Waals surface area contributed by atoms with E-state index >= 15 is 0 Å². The van der Waals surface area contributed by atoms with Gasteiger partial charge in [-0.05, 0) is 60.4 Å². The summed E-state index contributed by atoms with van der Waals surface area (Å²) in [5, 5.41) is 3.05. The molecule has 2 aromatic heterocycles. The van der Waals surface area contributed by atoms with Crippen LogP contribution in [0.5, 0.6) is 0 Å². The van der Waals surface area contributed by atoms with Crippen LogP contribution in [0.2, 0.25) is 10.3 Å². The van der Waals surface area contributed by atoms with Crippen LogP contribution < -0.4 is 5.32 Å². The number of nitrogens with one attached hydrogen (secondary N) is 1. The van der Waals surface area contributed by atoms with Crippen LogP contribution in [0.15, 0.2) is 66.9 Å². The Labute approximate surface area is 205 Å². The lowest BCUT2D eigenvalue weighted by atomic mass is 10.1. The number of hydrogen-bond acceptors (Lipinski definition) is 3. The van der Waals surface area contributed by atoms with Crippen molar-refractivity contribution >= 4 is 34.8 Å². The Kier molecular flexibility index (Phi) is 7.55. The molecule has 2 aromatic carbocycles. The highest BCUT2D eigenvalue weighted by atomic mass is 35.5. The maximum atomic E-state index is 13.3. The van der Waals surface area contributed by atoms with Crippen molar-refractivity contribution in [3.63, 3.8) is 0 Å². The van der Waals surface area contributed by atoms with Crippen LogP contribution in [-0.4, -0.2) is 20.4 Å². The number of benzene rings is 2. The van der Waals surface area contributed by atoms with Gasteiger partial charge in [-0.1, -0.05) is 47.5 Å². The first kappa shape index (κ1) is 23.9. The third kappa shape index (κ3) is 5.98. The Morgan fingerprint density at radius 3 is 2.09 bits per heavy atom. The summed E-state index contributed by atoms with van der Waals surface area (Å²) in [6, 6.07) is 15.6. The summed E-state index contributed by atoms with van der Waals surface area (Å²) in [4.78, 5) is 21.5. The average Bonchev–Trinajstić information content (AvgIpc) is 3.23. The fourth-order valence-electron chi connectivity index (χ4n) is 3.54. The van der Waals surface area contributed by atoms with E-state index in [0.717, 1.165) is 11.1 Å². The van der Waals surface area contributed by atoms with E-state index in [1.165, 1.54) is 36.5 Å². The highest BCUT2D eigenvalue weighted by Crippen LogP contribution is 2.23. The largest absolute Gasteiger partial charge is 0.324 e. The molecule has 1 N–H and O–H groups in total. The molecule has 9 heteroatoms. The van der Waals surface area contributed by atoms with Gasteiger partial charge in [0.2, 0.25) is 0 Å². The van der Waals surface area contributed by atoms with Crippen molar-refractivity contribution in [2.75, 3.05) is 5.32 Å². The molecule has 0 atom stereocenters. The SMILES string of the molecule is O=C(Nc1ccc(Cl)nc1Cl)c1cnc(CCc2ccc(F)cc2)n1CCc1ccc(F)cc1. The van der Waals surface area contributed by atoms with Gasteiger partial charge < -0.3 is 9.88 Å². The number of carbonyl (C=O) groups is 1. The van der Waals surface area contributed by atoms with Crippen LogP contribution in [0.4, 0.5) is 14.5 Å². The van der Waals surface area contributed by atoms with E-state index in [0.29, 0.717) is 43.0 Å². The summed E-state index contributed by atoms with van der Waals surface area (Å²) < 4.78 is 28.3. The number of aryl methyl sites for hydroxylation is 3. The number of carbonyl (C=O) groups excluding carboxylic acids is 1. The number of imidazole rings is 1. The summed E-state index contributed by atoms with van der Waals surface area (Å²) in [5.41, 5.74) is 2.56. The van der Waals surface area contributed by atoms with Crippen LogP contribution in [0.1, 0.15) is 27.4 Å². The normalized spacial score (nSPS) is 10.9. The van der Waals surface area contributed by atoms with Gasteiger partial charge >= 0.3 is 0 Å². The zero-order valence-corrected chi connectivity index (χ0v) is 19.5. The topological polar surface area (TPSA) is 59.8 Å². The average molecular weight is 501 g/mol. The quantitative estimate of drug-likeness (QED) is 0.295. The highest BCUT2D eigenvalue weighted by molar-refractivity contribution is 6.34. The maximum Gasteiger partial charge on any atom is 0.274 e. The van der Waals surface area contributed by atoms with Crippen molar-refractivity contribution in [1.29, 1.82) is 0 Å². The highest BCUT2D eigenvalue weighted by Gasteiger charge is 2.18. The molecular formula is C25H20Cl2F2N4O. The summed E-state index contributed by atoms with van der Waals surface area (Å²) in [6.07, 6.45) is 3.26. The third-order valence-corrected chi connectivity index (χ3v) is 5.82. The number of anilines is 1. The van der Waals surface area contributed by atoms with Gasteiger partial charge in [0.05, 0.1) is 11.9 Å². The molecule has 0 aliphatic rings. The van der Waals surface area contributed by atoms with Gasteiger partial charge in [-0.25, -0.2) is 18.7 Å². The third-order valence-electron chi connectivity index (χ3n) is 5.32. The number of amides is 1. The van der Waals surface area contributed by atoms with Crippen molar-refractivity contribution in [3.05, 3.63) is 111 Å². The molecule has 4 rings (SSSR count). The van der Waals surface area contributed by atoms with E-state index in [-0.39, 0.29) is 21.9 Å². The molecule has 4 aromatic rings. The van der Waals surface area contributed by atoms with E-state index in [1.54, 1.807) is 30.3 Å². The number of nitrogens with zero attached hydrogens (tertiary/aromatic N) is 3. The van der Waals surface area contributed by atoms with E-state index < -0.39 is 5.91 Å². The second kappa shape index (κ2) is 10.8. The molecule has 5 nitrogen and oxygen atoms in total. The first-order chi connectivity index (χ1) is 16.4. The van der Waals surface area contributed by atoms with E-state index in [1.807, 2.05) is 4.57 Å². The van der Waals surface area contributed by atoms with Gasteiger partial charge in [-0.15, -0.1) is 0 Å². The van der Waals surface area contributed by atoms with Crippen LogP contribution in [-0.2, 0) is 25.8 Å². The molecule has 0 bridgehead atoms. The molecule has 0 saturated heterocycles. The van der Waals surface area contributed by atoms with Crippen molar-refractivity contribution < 1.29 is 13.6 Å². The molecule has 1 amide bonds. The van der Waals surface area contributed by atoms with Crippen molar-refractivity contribution in [2.24, 2.45) is 0 Å². The smallest absolute Gasteiger partial charge is 0.274 e. The maximum absolute atomic E-state index is 13.3. The molecule has 0 aliphatic carbocycles. The van der Waals surface area contributed by atoms with Crippen LogP contribution >= 0.6 is 23.2 Å². The van der Waals surface area contributed by atoms with Crippen LogP contribution in [0.25, 0.3) is 0 Å². The minimum Gasteiger partial charge on any atom is -0.324 e. The number of hydrogen-bond donors (Lipinski definition) is 1. The summed E-state index contributed by atoms with van der Waals surface area (Å²) in [7, 11) is 0. The van der Waals surface area contributed by atoms with Crippen LogP contribution in [0.3, 0.4) is 0 Å². The Hall–Kier alpha value is -3.29.